The van der Waals surface area contributed by atoms with Gasteiger partial charge in [-0.1, -0.05) is 23.7 Å². The Morgan fingerprint density at radius 1 is 1.17 bits per heavy atom. The second-order valence-corrected chi connectivity index (χ2v) is 9.04. The van der Waals surface area contributed by atoms with Gasteiger partial charge in [0, 0.05) is 15.5 Å². The summed E-state index contributed by atoms with van der Waals surface area (Å²) in [7, 11) is 0. The number of fused-ring (bicyclic) bond motifs is 1. The van der Waals surface area contributed by atoms with E-state index in [-0.39, 0.29) is 11.9 Å². The maximum atomic E-state index is 12.9. The van der Waals surface area contributed by atoms with Gasteiger partial charge in [0.05, 0.1) is 11.7 Å². The SMILES string of the molecule is CC(C)OC(=O)c1c(NC(=O)c2ccc(-c3cccc(Cl)c3)o2)sc2c1CCCC2. The van der Waals surface area contributed by atoms with E-state index in [0.717, 1.165) is 41.7 Å². The highest BCUT2D eigenvalue weighted by Crippen LogP contribution is 2.39. The van der Waals surface area contributed by atoms with E-state index >= 15 is 0 Å². The molecule has 0 atom stereocenters. The van der Waals surface area contributed by atoms with Gasteiger partial charge >= 0.3 is 5.97 Å². The third-order valence-electron chi connectivity index (χ3n) is 4.88. The maximum Gasteiger partial charge on any atom is 0.341 e. The summed E-state index contributed by atoms with van der Waals surface area (Å²) in [6.07, 6.45) is 3.62. The van der Waals surface area contributed by atoms with Crippen LogP contribution in [0.3, 0.4) is 0 Å². The van der Waals surface area contributed by atoms with Gasteiger partial charge in [0.25, 0.3) is 5.91 Å². The molecule has 1 aromatic carbocycles. The quantitative estimate of drug-likeness (QED) is 0.466. The number of ether oxygens (including phenoxy) is 1. The van der Waals surface area contributed by atoms with Crippen molar-refractivity contribution in [3.05, 3.63) is 63.2 Å². The summed E-state index contributed by atoms with van der Waals surface area (Å²) in [5, 5.41) is 3.99. The lowest BCUT2D eigenvalue weighted by Crippen LogP contribution is -2.17. The summed E-state index contributed by atoms with van der Waals surface area (Å²) >= 11 is 7.49. The first-order valence-electron chi connectivity index (χ1n) is 9.95. The van der Waals surface area contributed by atoms with Crippen LogP contribution in [0.25, 0.3) is 11.3 Å². The summed E-state index contributed by atoms with van der Waals surface area (Å²) in [5.74, 6) is -0.0775. The van der Waals surface area contributed by atoms with E-state index in [0.29, 0.717) is 21.3 Å². The summed E-state index contributed by atoms with van der Waals surface area (Å²) < 4.78 is 11.2. The molecule has 3 aromatic rings. The molecule has 1 amide bonds. The number of carbonyl (C=O) groups is 2. The Kier molecular flexibility index (Phi) is 5.97. The van der Waals surface area contributed by atoms with Gasteiger partial charge in [0.15, 0.2) is 5.76 Å². The molecule has 7 heteroatoms. The third-order valence-corrected chi connectivity index (χ3v) is 6.33. The van der Waals surface area contributed by atoms with Gasteiger partial charge in [-0.15, -0.1) is 11.3 Å². The minimum atomic E-state index is -0.402. The van der Waals surface area contributed by atoms with Gasteiger partial charge in [0.2, 0.25) is 0 Å². The largest absolute Gasteiger partial charge is 0.459 e. The van der Waals surface area contributed by atoms with Crippen LogP contribution in [0.2, 0.25) is 5.02 Å². The molecule has 0 bridgehead atoms. The zero-order valence-electron chi connectivity index (χ0n) is 16.8. The highest BCUT2D eigenvalue weighted by molar-refractivity contribution is 7.17. The van der Waals surface area contributed by atoms with Gasteiger partial charge in [-0.25, -0.2) is 4.79 Å². The molecule has 0 spiro atoms. The molecule has 5 nitrogen and oxygen atoms in total. The Balaban J connectivity index is 1.60. The number of hydrogen-bond acceptors (Lipinski definition) is 5. The van der Waals surface area contributed by atoms with Crippen LogP contribution >= 0.6 is 22.9 Å². The number of carbonyl (C=O) groups excluding carboxylic acids is 2. The van der Waals surface area contributed by atoms with Gasteiger partial charge in [-0.2, -0.15) is 0 Å². The fraction of sp³-hybridized carbons (Fsp3) is 0.304. The molecule has 0 aliphatic heterocycles. The van der Waals surface area contributed by atoms with Crippen LogP contribution in [0.5, 0.6) is 0 Å². The van der Waals surface area contributed by atoms with Crippen molar-refractivity contribution < 1.29 is 18.7 Å². The minimum Gasteiger partial charge on any atom is -0.459 e. The van der Waals surface area contributed by atoms with Gasteiger partial charge < -0.3 is 14.5 Å². The lowest BCUT2D eigenvalue weighted by Gasteiger charge is -2.14. The standard InChI is InChI=1S/C23H22ClNO4S/c1-13(2)28-23(27)20-16-8-3-4-9-19(16)30-22(20)25-21(26)18-11-10-17(29-18)14-6-5-7-15(24)12-14/h5-7,10-13H,3-4,8-9H2,1-2H3,(H,25,26). The van der Waals surface area contributed by atoms with Crippen molar-refractivity contribution in [3.63, 3.8) is 0 Å². The minimum absolute atomic E-state index is 0.166. The maximum absolute atomic E-state index is 12.9. The van der Waals surface area contributed by atoms with Gasteiger partial charge in [-0.05, 0) is 69.4 Å². The molecule has 0 fully saturated rings. The molecular weight excluding hydrogens is 422 g/mol. The Hall–Kier alpha value is -2.57. The van der Waals surface area contributed by atoms with Crippen LogP contribution < -0.4 is 5.32 Å². The molecule has 0 unspecified atom stereocenters. The highest BCUT2D eigenvalue weighted by atomic mass is 35.5. The molecule has 1 N–H and O–H groups in total. The van der Waals surface area contributed by atoms with Gasteiger partial charge in [0.1, 0.15) is 10.8 Å². The lowest BCUT2D eigenvalue weighted by molar-refractivity contribution is 0.0378. The van der Waals surface area contributed by atoms with Crippen LogP contribution in [0.15, 0.2) is 40.8 Å². The summed E-state index contributed by atoms with van der Waals surface area (Å²) in [6, 6.07) is 10.6. The fourth-order valence-electron chi connectivity index (χ4n) is 3.56. The van der Waals surface area contributed by atoms with Crippen molar-refractivity contribution in [2.45, 2.75) is 45.6 Å². The number of nitrogens with one attached hydrogen (secondary N) is 1. The van der Waals surface area contributed by atoms with Crippen molar-refractivity contribution in [2.75, 3.05) is 5.32 Å². The van der Waals surface area contributed by atoms with Crippen molar-refractivity contribution >= 4 is 39.8 Å². The average molecular weight is 444 g/mol. The first-order valence-corrected chi connectivity index (χ1v) is 11.1. The number of hydrogen-bond donors (Lipinski definition) is 1. The molecular formula is C23H22ClNO4S. The van der Waals surface area contributed by atoms with Crippen molar-refractivity contribution in [1.82, 2.24) is 0 Å². The second-order valence-electron chi connectivity index (χ2n) is 7.50. The van der Waals surface area contributed by atoms with E-state index in [4.69, 9.17) is 20.8 Å². The molecule has 1 aliphatic carbocycles. The number of furan rings is 1. The molecule has 2 heterocycles. The summed E-state index contributed by atoms with van der Waals surface area (Å²) in [6.45, 7) is 3.63. The van der Waals surface area contributed by atoms with Crippen LogP contribution in [0.1, 0.15) is 58.0 Å². The van der Waals surface area contributed by atoms with Crippen molar-refractivity contribution in [1.29, 1.82) is 0 Å². The zero-order valence-corrected chi connectivity index (χ0v) is 18.4. The molecule has 30 heavy (non-hydrogen) atoms. The van der Waals surface area contributed by atoms with Crippen molar-refractivity contribution in [3.8, 4) is 11.3 Å². The van der Waals surface area contributed by atoms with Gasteiger partial charge in [-0.3, -0.25) is 4.79 Å². The van der Waals surface area contributed by atoms with E-state index in [2.05, 4.69) is 5.32 Å². The Bertz CT molecular complexity index is 1100. The number of benzene rings is 1. The molecule has 4 rings (SSSR count). The number of esters is 1. The Morgan fingerprint density at radius 2 is 1.97 bits per heavy atom. The predicted molar refractivity (Wildman–Crippen MR) is 119 cm³/mol. The van der Waals surface area contributed by atoms with E-state index in [1.165, 1.54) is 11.3 Å². The zero-order chi connectivity index (χ0) is 21.3. The van der Waals surface area contributed by atoms with Crippen LogP contribution in [-0.4, -0.2) is 18.0 Å². The predicted octanol–water partition coefficient (Wildman–Crippen LogP) is 6.36. The smallest absolute Gasteiger partial charge is 0.341 e. The lowest BCUT2D eigenvalue weighted by atomic mass is 9.95. The first kappa shape index (κ1) is 20.7. The number of anilines is 1. The fourth-order valence-corrected chi connectivity index (χ4v) is 5.03. The number of halogens is 1. The third kappa shape index (κ3) is 4.30. The number of rotatable bonds is 5. The molecule has 0 saturated heterocycles. The number of amides is 1. The summed E-state index contributed by atoms with van der Waals surface area (Å²) in [5.41, 5.74) is 2.28. The van der Waals surface area contributed by atoms with Crippen molar-refractivity contribution in [2.24, 2.45) is 0 Å². The Labute approximate surface area is 184 Å². The van der Waals surface area contributed by atoms with Crippen LogP contribution in [-0.2, 0) is 17.6 Å². The monoisotopic (exact) mass is 443 g/mol. The normalized spacial score (nSPS) is 13.2. The van der Waals surface area contributed by atoms with E-state index in [9.17, 15) is 9.59 Å². The molecule has 2 aromatic heterocycles. The Morgan fingerprint density at radius 3 is 2.73 bits per heavy atom. The average Bonchev–Trinajstić information content (AvgIpc) is 3.32. The molecule has 1 aliphatic rings. The second kappa shape index (κ2) is 8.66. The van der Waals surface area contributed by atoms with E-state index < -0.39 is 11.9 Å². The number of thiophene rings is 1. The highest BCUT2D eigenvalue weighted by Gasteiger charge is 2.28. The van der Waals surface area contributed by atoms with E-state index in [1.807, 2.05) is 26.0 Å². The van der Waals surface area contributed by atoms with Crippen LogP contribution in [0, 0.1) is 0 Å². The number of aryl methyl sites for hydroxylation is 1. The summed E-state index contributed by atoms with van der Waals surface area (Å²) in [4.78, 5) is 26.7. The molecule has 0 saturated carbocycles. The van der Waals surface area contributed by atoms with E-state index in [1.54, 1.807) is 24.3 Å². The molecule has 0 radical (unpaired) electrons. The molecule has 156 valence electrons. The first-order chi connectivity index (χ1) is 14.4. The topological polar surface area (TPSA) is 68.5 Å². The van der Waals surface area contributed by atoms with Crippen LogP contribution in [0.4, 0.5) is 5.00 Å².